The van der Waals surface area contributed by atoms with Crippen molar-refractivity contribution in [3.05, 3.63) is 53.1 Å². The maximum Gasteiger partial charge on any atom is 0.335 e. The molecule has 9 heteroatoms. The molecule has 0 saturated carbocycles. The van der Waals surface area contributed by atoms with Crippen molar-refractivity contribution in [1.82, 2.24) is 0 Å². The second kappa shape index (κ2) is 7.08. The molecule has 2 atom stereocenters. The summed E-state index contributed by atoms with van der Waals surface area (Å²) < 4.78 is 0. The Labute approximate surface area is 157 Å². The fraction of sp³-hybridized carbons (Fsp3) is 0.111. The normalized spacial score (nSPS) is 18.5. The number of halogens is 1. The minimum absolute atomic E-state index is 0.0842. The molecule has 2 unspecified atom stereocenters. The maximum absolute atomic E-state index is 11.7. The summed E-state index contributed by atoms with van der Waals surface area (Å²) in [6.45, 7) is 0. The average Bonchev–Trinajstić information content (AvgIpc) is 3.07. The molecule has 1 aliphatic rings. The Kier molecular flexibility index (Phi) is 4.83. The average molecular weight is 389 g/mol. The number of hydrazone groups is 1. The fourth-order valence-electron chi connectivity index (χ4n) is 2.89. The molecule has 0 amide bonds. The SMILES string of the molecule is O=C(O)c1ccc(-c2c(Cl)cccc2N2N=CC(C(=O)O)C2C(=O)O)cc1. The molecule has 0 aliphatic carbocycles. The van der Waals surface area contributed by atoms with Gasteiger partial charge >= 0.3 is 17.9 Å². The number of hydrogen-bond acceptors (Lipinski definition) is 5. The highest BCUT2D eigenvalue weighted by molar-refractivity contribution is 6.34. The van der Waals surface area contributed by atoms with E-state index in [2.05, 4.69) is 5.10 Å². The summed E-state index contributed by atoms with van der Waals surface area (Å²) in [6, 6.07) is 9.20. The Balaban J connectivity index is 2.11. The van der Waals surface area contributed by atoms with Gasteiger partial charge < -0.3 is 15.3 Å². The maximum atomic E-state index is 11.7. The van der Waals surface area contributed by atoms with E-state index >= 15 is 0 Å². The Hall–Kier alpha value is -3.39. The fourth-order valence-corrected chi connectivity index (χ4v) is 3.17. The second-order valence-electron chi connectivity index (χ2n) is 5.77. The van der Waals surface area contributed by atoms with Crippen molar-refractivity contribution in [2.75, 3.05) is 5.01 Å². The first kappa shape index (κ1) is 18.4. The second-order valence-corrected chi connectivity index (χ2v) is 6.18. The molecule has 138 valence electrons. The van der Waals surface area contributed by atoms with Crippen molar-refractivity contribution >= 4 is 41.4 Å². The number of benzene rings is 2. The van der Waals surface area contributed by atoms with Gasteiger partial charge in [0.05, 0.1) is 16.3 Å². The summed E-state index contributed by atoms with van der Waals surface area (Å²) in [5.41, 5.74) is 1.35. The zero-order valence-corrected chi connectivity index (χ0v) is 14.4. The first-order valence-corrected chi connectivity index (χ1v) is 8.10. The van der Waals surface area contributed by atoms with Crippen molar-refractivity contribution in [3.63, 3.8) is 0 Å². The van der Waals surface area contributed by atoms with Gasteiger partial charge in [-0.15, -0.1) is 0 Å². The van der Waals surface area contributed by atoms with Crippen LogP contribution in [0.5, 0.6) is 0 Å². The van der Waals surface area contributed by atoms with Gasteiger partial charge in [0.1, 0.15) is 5.92 Å². The third kappa shape index (κ3) is 3.34. The van der Waals surface area contributed by atoms with Crippen LogP contribution in [-0.4, -0.2) is 45.5 Å². The number of carboxylic acid groups (broad SMARTS) is 3. The van der Waals surface area contributed by atoms with E-state index in [0.29, 0.717) is 16.8 Å². The molecule has 0 aromatic heterocycles. The molecule has 1 heterocycles. The van der Waals surface area contributed by atoms with E-state index in [9.17, 15) is 24.6 Å². The quantitative estimate of drug-likeness (QED) is 0.718. The van der Waals surface area contributed by atoms with Gasteiger partial charge in [-0.2, -0.15) is 5.10 Å². The molecule has 0 bridgehead atoms. The number of carbonyl (C=O) groups is 3. The van der Waals surface area contributed by atoms with E-state index in [0.717, 1.165) is 11.2 Å². The van der Waals surface area contributed by atoms with Crippen molar-refractivity contribution in [1.29, 1.82) is 0 Å². The highest BCUT2D eigenvalue weighted by Gasteiger charge is 2.43. The van der Waals surface area contributed by atoms with Gasteiger partial charge in [-0.3, -0.25) is 4.79 Å². The van der Waals surface area contributed by atoms with Gasteiger partial charge in [0.2, 0.25) is 0 Å². The lowest BCUT2D eigenvalue weighted by molar-refractivity contribution is -0.146. The Bertz CT molecular complexity index is 957. The van der Waals surface area contributed by atoms with Crippen LogP contribution in [0.15, 0.2) is 47.6 Å². The van der Waals surface area contributed by atoms with Crippen LogP contribution in [0, 0.1) is 5.92 Å². The summed E-state index contributed by atoms with van der Waals surface area (Å²) >= 11 is 6.31. The van der Waals surface area contributed by atoms with E-state index in [1.54, 1.807) is 30.3 Å². The van der Waals surface area contributed by atoms with Crippen LogP contribution in [0.3, 0.4) is 0 Å². The molecule has 3 N–H and O–H groups in total. The number of rotatable bonds is 5. The number of hydrogen-bond donors (Lipinski definition) is 3. The Morgan fingerprint density at radius 1 is 0.963 bits per heavy atom. The van der Waals surface area contributed by atoms with Crippen molar-refractivity contribution in [2.45, 2.75) is 6.04 Å². The van der Waals surface area contributed by atoms with Gasteiger partial charge in [-0.05, 0) is 29.8 Å². The predicted molar refractivity (Wildman–Crippen MR) is 97.4 cm³/mol. The summed E-state index contributed by atoms with van der Waals surface area (Å²) in [7, 11) is 0. The van der Waals surface area contributed by atoms with Gasteiger partial charge in [-0.1, -0.05) is 29.8 Å². The molecule has 27 heavy (non-hydrogen) atoms. The zero-order chi connectivity index (χ0) is 19.7. The topological polar surface area (TPSA) is 128 Å². The number of aromatic carboxylic acids is 1. The molecule has 0 radical (unpaired) electrons. The number of carboxylic acids is 3. The first-order valence-electron chi connectivity index (χ1n) is 7.72. The van der Waals surface area contributed by atoms with Crippen LogP contribution in [0.1, 0.15) is 10.4 Å². The lowest BCUT2D eigenvalue weighted by Crippen LogP contribution is -2.42. The van der Waals surface area contributed by atoms with Gasteiger partial charge in [0, 0.05) is 11.8 Å². The highest BCUT2D eigenvalue weighted by Crippen LogP contribution is 2.40. The van der Waals surface area contributed by atoms with Crippen LogP contribution in [0.25, 0.3) is 11.1 Å². The Morgan fingerprint density at radius 2 is 1.63 bits per heavy atom. The molecule has 1 aliphatic heterocycles. The summed E-state index contributed by atoms with van der Waals surface area (Å²) in [4.78, 5) is 34.1. The van der Waals surface area contributed by atoms with E-state index in [1.807, 2.05) is 0 Å². The molecule has 2 aromatic carbocycles. The summed E-state index contributed by atoms with van der Waals surface area (Å²) in [6.07, 6.45) is 1.07. The monoisotopic (exact) mass is 388 g/mol. The van der Waals surface area contributed by atoms with Crippen molar-refractivity contribution in [3.8, 4) is 11.1 Å². The smallest absolute Gasteiger partial charge is 0.335 e. The number of aliphatic carboxylic acids is 2. The highest BCUT2D eigenvalue weighted by atomic mass is 35.5. The number of nitrogens with zero attached hydrogens (tertiary/aromatic N) is 2. The lowest BCUT2D eigenvalue weighted by atomic mass is 9.98. The van der Waals surface area contributed by atoms with Crippen LogP contribution in [-0.2, 0) is 9.59 Å². The Morgan fingerprint density at radius 3 is 2.19 bits per heavy atom. The van der Waals surface area contributed by atoms with Gasteiger partial charge in [-0.25, -0.2) is 14.6 Å². The van der Waals surface area contributed by atoms with Crippen LogP contribution in [0.2, 0.25) is 5.02 Å². The van der Waals surface area contributed by atoms with E-state index in [-0.39, 0.29) is 10.6 Å². The van der Waals surface area contributed by atoms with Crippen molar-refractivity contribution in [2.24, 2.45) is 11.0 Å². The van der Waals surface area contributed by atoms with Gasteiger partial charge in [0.25, 0.3) is 0 Å². The molecule has 0 fully saturated rings. The molecule has 0 spiro atoms. The molecule has 3 rings (SSSR count). The summed E-state index contributed by atoms with van der Waals surface area (Å²) in [5.74, 6) is -5.04. The first-order chi connectivity index (χ1) is 12.8. The largest absolute Gasteiger partial charge is 0.481 e. The lowest BCUT2D eigenvalue weighted by Gasteiger charge is -2.25. The minimum Gasteiger partial charge on any atom is -0.481 e. The summed E-state index contributed by atoms with van der Waals surface area (Å²) in [5, 5.41) is 33.2. The van der Waals surface area contributed by atoms with E-state index in [4.69, 9.17) is 16.7 Å². The van der Waals surface area contributed by atoms with Crippen molar-refractivity contribution < 1.29 is 29.7 Å². The van der Waals surface area contributed by atoms with E-state index < -0.39 is 29.9 Å². The van der Waals surface area contributed by atoms with Gasteiger partial charge in [0.15, 0.2) is 6.04 Å². The van der Waals surface area contributed by atoms with E-state index in [1.165, 1.54) is 12.1 Å². The van der Waals surface area contributed by atoms with Crippen LogP contribution < -0.4 is 5.01 Å². The van der Waals surface area contributed by atoms with Crippen LogP contribution >= 0.6 is 11.6 Å². The zero-order valence-electron chi connectivity index (χ0n) is 13.6. The molecule has 2 aromatic rings. The third-order valence-electron chi connectivity index (χ3n) is 4.15. The van der Waals surface area contributed by atoms with Crippen LogP contribution in [0.4, 0.5) is 5.69 Å². The predicted octanol–water partition coefficient (Wildman–Crippen LogP) is 2.67. The standard InChI is InChI=1S/C18H13ClN2O6/c19-12-2-1-3-13(14(12)9-4-6-10(7-5-9)16(22)23)21-15(18(26)27)11(8-20-21)17(24)25/h1-8,11,15H,(H,22,23)(H,24,25)(H,26,27). The third-order valence-corrected chi connectivity index (χ3v) is 4.47. The molecular formula is C18H13ClN2O6. The molecule has 0 saturated heterocycles. The minimum atomic E-state index is -1.43. The number of anilines is 1. The molecule has 8 nitrogen and oxygen atoms in total. The molecular weight excluding hydrogens is 376 g/mol.